The molecule has 0 spiro atoms. The van der Waals surface area contributed by atoms with E-state index in [4.69, 9.17) is 9.84 Å². The van der Waals surface area contributed by atoms with Crippen LogP contribution >= 0.6 is 0 Å². The van der Waals surface area contributed by atoms with Crippen molar-refractivity contribution in [1.82, 2.24) is 10.6 Å². The van der Waals surface area contributed by atoms with Crippen LogP contribution in [0.25, 0.3) is 11.1 Å². The van der Waals surface area contributed by atoms with E-state index in [9.17, 15) is 23.2 Å². The number of rotatable bonds is 9. The molecule has 1 unspecified atom stereocenters. The molecule has 7 nitrogen and oxygen atoms in total. The molecule has 0 bridgehead atoms. The first-order valence-corrected chi connectivity index (χ1v) is 10.9. The Morgan fingerprint density at radius 3 is 2.03 bits per heavy atom. The van der Waals surface area contributed by atoms with Gasteiger partial charge < -0.3 is 20.5 Å². The number of carbonyl (C=O) groups is 3. The Bertz CT molecular complexity index is 1040. The van der Waals surface area contributed by atoms with Crippen molar-refractivity contribution in [2.24, 2.45) is 0 Å². The number of alkyl carbamates (subject to hydrolysis) is 1. The van der Waals surface area contributed by atoms with E-state index in [1.54, 1.807) is 0 Å². The van der Waals surface area contributed by atoms with E-state index in [-0.39, 0.29) is 18.9 Å². The van der Waals surface area contributed by atoms with Crippen molar-refractivity contribution in [2.45, 2.75) is 57.0 Å². The minimum absolute atomic E-state index is 0.00828. The van der Waals surface area contributed by atoms with E-state index in [0.717, 1.165) is 36.1 Å². The fourth-order valence-corrected chi connectivity index (χ4v) is 3.82. The maximum Gasteiger partial charge on any atom is 0.407 e. The number of carboxylic acid groups (broad SMARTS) is 1. The smallest absolute Gasteiger partial charge is 0.407 e. The van der Waals surface area contributed by atoms with Gasteiger partial charge in [0.1, 0.15) is 12.6 Å². The lowest BCUT2D eigenvalue weighted by atomic mass is 9.96. The molecular weight excluding hydrogens is 446 g/mol. The molecule has 0 aliphatic heterocycles. The molecule has 0 fully saturated rings. The van der Waals surface area contributed by atoms with Gasteiger partial charge in [-0.2, -0.15) is 0 Å². The second kappa shape index (κ2) is 9.79. The summed E-state index contributed by atoms with van der Waals surface area (Å²) < 4.78 is 33.0. The van der Waals surface area contributed by atoms with Crippen molar-refractivity contribution < 1.29 is 33.0 Å². The predicted molar refractivity (Wildman–Crippen MR) is 122 cm³/mol. The van der Waals surface area contributed by atoms with E-state index in [1.165, 1.54) is 0 Å². The molecule has 9 heteroatoms. The third-order valence-electron chi connectivity index (χ3n) is 6.13. The summed E-state index contributed by atoms with van der Waals surface area (Å²) in [6, 6.07) is 14.2. The highest BCUT2D eigenvalue weighted by atomic mass is 19.3. The fourth-order valence-electron chi connectivity index (χ4n) is 3.82. The van der Waals surface area contributed by atoms with Crippen LogP contribution in [0.2, 0.25) is 0 Å². The summed E-state index contributed by atoms with van der Waals surface area (Å²) in [5.74, 6) is -5.56. The van der Waals surface area contributed by atoms with Gasteiger partial charge >= 0.3 is 12.1 Å². The highest BCUT2D eigenvalue weighted by Gasteiger charge is 2.44. The number of hydrogen-bond acceptors (Lipinski definition) is 4. The molecule has 2 amide bonds. The predicted octanol–water partition coefficient (Wildman–Crippen LogP) is 4.31. The lowest BCUT2D eigenvalue weighted by molar-refractivity contribution is -0.137. The molecule has 1 aliphatic rings. The number of carbonyl (C=O) groups excluding carboxylic acids is 2. The van der Waals surface area contributed by atoms with E-state index in [1.807, 2.05) is 48.5 Å². The Kier molecular flexibility index (Phi) is 7.24. The van der Waals surface area contributed by atoms with E-state index in [0.29, 0.717) is 6.92 Å². The molecule has 34 heavy (non-hydrogen) atoms. The standard InChI is InChI=1S/C25H28F2N2O5/c1-24(2,25(3,26)27)29-22(32)20(12-13-21(30)31)28-23(33)34-14-19-17-10-6-4-8-15(17)16-9-5-7-11-18(16)19/h4-11,19-20H,12-14H2,1-3H3,(H,28,33)(H,29,32)(H,30,31). The van der Waals surface area contributed by atoms with Crippen molar-refractivity contribution in [3.8, 4) is 11.1 Å². The average Bonchev–Trinajstić information content (AvgIpc) is 3.07. The van der Waals surface area contributed by atoms with Crippen LogP contribution in [0.5, 0.6) is 0 Å². The Hall–Kier alpha value is -3.49. The van der Waals surface area contributed by atoms with Crippen LogP contribution < -0.4 is 10.6 Å². The number of benzene rings is 2. The fraction of sp³-hybridized carbons (Fsp3) is 0.400. The van der Waals surface area contributed by atoms with Gasteiger partial charge in [-0.25, -0.2) is 13.6 Å². The first-order chi connectivity index (χ1) is 15.9. The largest absolute Gasteiger partial charge is 0.481 e. The number of aliphatic carboxylic acids is 1. The number of carboxylic acids is 1. The molecule has 3 rings (SSSR count). The van der Waals surface area contributed by atoms with Gasteiger partial charge in [0.15, 0.2) is 0 Å². The monoisotopic (exact) mass is 474 g/mol. The normalized spacial score (nSPS) is 14.0. The van der Waals surface area contributed by atoms with Crippen molar-refractivity contribution in [1.29, 1.82) is 0 Å². The maximum atomic E-state index is 13.8. The SMILES string of the molecule is CC(F)(F)C(C)(C)NC(=O)C(CCC(=O)O)NC(=O)OCC1c2ccccc2-c2ccccc21. The first-order valence-electron chi connectivity index (χ1n) is 10.9. The number of ether oxygens (including phenoxy) is 1. The molecule has 0 saturated carbocycles. The van der Waals surface area contributed by atoms with Gasteiger partial charge in [0.05, 0.1) is 5.54 Å². The molecule has 182 valence electrons. The number of hydrogen-bond donors (Lipinski definition) is 3. The summed E-state index contributed by atoms with van der Waals surface area (Å²) >= 11 is 0. The molecule has 2 aromatic rings. The Balaban J connectivity index is 1.69. The molecule has 3 N–H and O–H groups in total. The van der Waals surface area contributed by atoms with Crippen LogP contribution in [0.15, 0.2) is 48.5 Å². The lowest BCUT2D eigenvalue weighted by Gasteiger charge is -2.33. The van der Waals surface area contributed by atoms with Crippen molar-refractivity contribution in [3.63, 3.8) is 0 Å². The van der Waals surface area contributed by atoms with Crippen LogP contribution in [0.4, 0.5) is 13.6 Å². The van der Waals surface area contributed by atoms with Crippen molar-refractivity contribution >= 4 is 18.0 Å². The topological polar surface area (TPSA) is 105 Å². The zero-order chi connectivity index (χ0) is 25.1. The maximum absolute atomic E-state index is 13.8. The number of fused-ring (bicyclic) bond motifs is 3. The average molecular weight is 475 g/mol. The number of amides is 2. The minimum atomic E-state index is -3.25. The van der Waals surface area contributed by atoms with Crippen LogP contribution in [0, 0.1) is 0 Å². The molecule has 0 heterocycles. The third kappa shape index (κ3) is 5.52. The van der Waals surface area contributed by atoms with E-state index < -0.39 is 41.9 Å². The Labute approximate surface area is 196 Å². The third-order valence-corrected chi connectivity index (χ3v) is 6.13. The first kappa shape index (κ1) is 25.1. The number of halogens is 2. The summed E-state index contributed by atoms with van der Waals surface area (Å²) in [6.07, 6.45) is -1.66. The quantitative estimate of drug-likeness (QED) is 0.502. The van der Waals surface area contributed by atoms with Gasteiger partial charge in [0.25, 0.3) is 5.92 Å². The van der Waals surface area contributed by atoms with Crippen molar-refractivity contribution in [3.05, 3.63) is 59.7 Å². The lowest BCUT2D eigenvalue weighted by Crippen LogP contribution is -2.59. The second-order valence-electron chi connectivity index (χ2n) is 8.96. The molecule has 2 aromatic carbocycles. The zero-order valence-corrected chi connectivity index (χ0v) is 19.2. The van der Waals surface area contributed by atoms with Crippen LogP contribution in [-0.4, -0.2) is 47.2 Å². The minimum Gasteiger partial charge on any atom is -0.481 e. The molecule has 1 aliphatic carbocycles. The Morgan fingerprint density at radius 2 is 1.53 bits per heavy atom. The molecule has 0 radical (unpaired) electrons. The summed E-state index contributed by atoms with van der Waals surface area (Å²) in [4.78, 5) is 36.2. The highest BCUT2D eigenvalue weighted by Crippen LogP contribution is 2.44. The summed E-state index contributed by atoms with van der Waals surface area (Å²) in [5.41, 5.74) is 2.20. The van der Waals surface area contributed by atoms with Gasteiger partial charge in [0.2, 0.25) is 5.91 Å². The van der Waals surface area contributed by atoms with Gasteiger partial charge in [-0.15, -0.1) is 0 Å². The molecule has 0 saturated heterocycles. The van der Waals surface area contributed by atoms with Gasteiger partial charge in [0, 0.05) is 19.3 Å². The van der Waals surface area contributed by atoms with Crippen LogP contribution in [-0.2, 0) is 14.3 Å². The van der Waals surface area contributed by atoms with Crippen LogP contribution in [0.1, 0.15) is 50.7 Å². The van der Waals surface area contributed by atoms with Gasteiger partial charge in [-0.3, -0.25) is 9.59 Å². The summed E-state index contributed by atoms with van der Waals surface area (Å²) in [5, 5.41) is 13.5. The second-order valence-corrected chi connectivity index (χ2v) is 8.96. The highest BCUT2D eigenvalue weighted by molar-refractivity contribution is 5.87. The zero-order valence-electron chi connectivity index (χ0n) is 19.2. The van der Waals surface area contributed by atoms with Crippen LogP contribution in [0.3, 0.4) is 0 Å². The molecule has 0 aromatic heterocycles. The number of nitrogens with one attached hydrogen (secondary N) is 2. The molecular formula is C25H28F2N2O5. The Morgan fingerprint density at radius 1 is 1.00 bits per heavy atom. The van der Waals surface area contributed by atoms with E-state index in [2.05, 4.69) is 10.6 Å². The molecule has 1 atom stereocenters. The summed E-state index contributed by atoms with van der Waals surface area (Å²) in [6.45, 7) is 2.95. The van der Waals surface area contributed by atoms with E-state index >= 15 is 0 Å². The number of alkyl halides is 2. The van der Waals surface area contributed by atoms with Gasteiger partial charge in [-0.05, 0) is 42.5 Å². The van der Waals surface area contributed by atoms with Gasteiger partial charge in [-0.1, -0.05) is 48.5 Å². The van der Waals surface area contributed by atoms with Crippen molar-refractivity contribution in [2.75, 3.05) is 6.61 Å². The summed E-state index contributed by atoms with van der Waals surface area (Å²) in [7, 11) is 0.